The van der Waals surface area contributed by atoms with E-state index >= 15 is 0 Å². The predicted molar refractivity (Wildman–Crippen MR) is 73.8 cm³/mol. The van der Waals surface area contributed by atoms with E-state index in [1.165, 1.54) is 37.5 Å². The van der Waals surface area contributed by atoms with Gasteiger partial charge in [-0.1, -0.05) is 38.7 Å². The Morgan fingerprint density at radius 2 is 1.84 bits per heavy atom. The average Bonchev–Trinajstić information content (AvgIpc) is 2.42. The highest BCUT2D eigenvalue weighted by Gasteiger charge is 2.29. The van der Waals surface area contributed by atoms with Crippen LogP contribution in [0.4, 0.5) is 8.78 Å². The van der Waals surface area contributed by atoms with Crippen molar-refractivity contribution in [2.45, 2.75) is 51.5 Å². The molecule has 106 valence electrons. The summed E-state index contributed by atoms with van der Waals surface area (Å²) in [5, 5.41) is 0. The van der Waals surface area contributed by atoms with Crippen LogP contribution in [0.5, 0.6) is 0 Å². The van der Waals surface area contributed by atoms with Gasteiger partial charge in [0, 0.05) is 11.6 Å². The summed E-state index contributed by atoms with van der Waals surface area (Å²) in [6.45, 7) is 2.18. The fourth-order valence-electron chi connectivity index (χ4n) is 3.42. The average molecular weight is 267 g/mol. The lowest BCUT2D eigenvalue weighted by Crippen LogP contribution is -2.38. The zero-order valence-corrected chi connectivity index (χ0v) is 11.5. The molecule has 1 aromatic rings. The van der Waals surface area contributed by atoms with Gasteiger partial charge in [-0.05, 0) is 36.8 Å². The number of rotatable bonds is 4. The number of hydrogen-bond donors (Lipinski definition) is 1. The molecule has 0 aliphatic heterocycles. The quantitative estimate of drug-likeness (QED) is 0.875. The second kappa shape index (κ2) is 6.47. The van der Waals surface area contributed by atoms with E-state index < -0.39 is 11.6 Å². The molecule has 0 radical (unpaired) electrons. The summed E-state index contributed by atoms with van der Waals surface area (Å²) < 4.78 is 27.3. The molecule has 1 aromatic carbocycles. The Morgan fingerprint density at radius 1 is 1.21 bits per heavy atom. The molecular formula is C16H23F2N. The largest absolute Gasteiger partial charge is 0.327 e. The Labute approximate surface area is 114 Å². The van der Waals surface area contributed by atoms with Crippen LogP contribution in [0.2, 0.25) is 0 Å². The van der Waals surface area contributed by atoms with E-state index in [0.29, 0.717) is 18.3 Å². The van der Waals surface area contributed by atoms with Crippen LogP contribution >= 0.6 is 0 Å². The summed E-state index contributed by atoms with van der Waals surface area (Å²) in [7, 11) is 0. The maximum atomic E-state index is 13.7. The summed E-state index contributed by atoms with van der Waals surface area (Å²) in [6, 6.07) is 3.87. The van der Waals surface area contributed by atoms with E-state index in [-0.39, 0.29) is 11.6 Å². The first-order valence-corrected chi connectivity index (χ1v) is 7.32. The molecule has 19 heavy (non-hydrogen) atoms. The molecule has 3 heteroatoms. The van der Waals surface area contributed by atoms with E-state index in [1.807, 2.05) is 0 Å². The number of benzene rings is 1. The van der Waals surface area contributed by atoms with Gasteiger partial charge >= 0.3 is 0 Å². The second-order valence-corrected chi connectivity index (χ2v) is 5.68. The second-order valence-electron chi connectivity index (χ2n) is 5.68. The molecule has 2 rings (SSSR count). The van der Waals surface area contributed by atoms with Gasteiger partial charge in [-0.3, -0.25) is 0 Å². The van der Waals surface area contributed by atoms with Crippen molar-refractivity contribution in [1.29, 1.82) is 0 Å². The minimum Gasteiger partial charge on any atom is -0.327 e. The van der Waals surface area contributed by atoms with Gasteiger partial charge in [0.05, 0.1) is 0 Å². The smallest absolute Gasteiger partial charge is 0.129 e. The summed E-state index contributed by atoms with van der Waals surface area (Å²) in [4.78, 5) is 0. The van der Waals surface area contributed by atoms with Gasteiger partial charge in [-0.2, -0.15) is 0 Å². The van der Waals surface area contributed by atoms with Crippen LogP contribution < -0.4 is 5.73 Å². The minimum absolute atomic E-state index is 0.142. The van der Waals surface area contributed by atoms with Crippen molar-refractivity contribution in [1.82, 2.24) is 0 Å². The normalized spacial score (nSPS) is 25.3. The Hall–Kier alpha value is -0.960. The SMILES string of the molecule is CCC1CCCCC1C(N)Cc1c(F)cccc1F. The third kappa shape index (κ3) is 3.33. The molecule has 0 saturated heterocycles. The first-order chi connectivity index (χ1) is 9.13. The van der Waals surface area contributed by atoms with E-state index in [1.54, 1.807) is 0 Å². The van der Waals surface area contributed by atoms with Crippen molar-refractivity contribution in [3.05, 3.63) is 35.4 Å². The molecular weight excluding hydrogens is 244 g/mol. The van der Waals surface area contributed by atoms with Gasteiger partial charge < -0.3 is 5.73 Å². The third-order valence-corrected chi connectivity index (χ3v) is 4.54. The fraction of sp³-hybridized carbons (Fsp3) is 0.625. The Balaban J connectivity index is 2.09. The number of halogens is 2. The van der Waals surface area contributed by atoms with Crippen molar-refractivity contribution in [2.24, 2.45) is 17.6 Å². The van der Waals surface area contributed by atoms with E-state index in [0.717, 1.165) is 12.8 Å². The van der Waals surface area contributed by atoms with Crippen LogP contribution in [0, 0.1) is 23.5 Å². The molecule has 0 amide bonds. The Bertz CT molecular complexity index is 399. The summed E-state index contributed by atoms with van der Waals surface area (Å²) in [5.41, 5.74) is 6.40. The van der Waals surface area contributed by atoms with Gasteiger partial charge in [0.1, 0.15) is 11.6 Å². The van der Waals surface area contributed by atoms with Crippen molar-refractivity contribution in [3.8, 4) is 0 Å². The number of hydrogen-bond acceptors (Lipinski definition) is 1. The Kier molecular flexibility index (Phi) is 4.92. The molecule has 0 bridgehead atoms. The maximum Gasteiger partial charge on any atom is 0.129 e. The lowest BCUT2D eigenvalue weighted by molar-refractivity contribution is 0.194. The van der Waals surface area contributed by atoms with Crippen LogP contribution in [0.15, 0.2) is 18.2 Å². The van der Waals surface area contributed by atoms with E-state index in [9.17, 15) is 8.78 Å². The van der Waals surface area contributed by atoms with Gasteiger partial charge in [-0.15, -0.1) is 0 Å². The summed E-state index contributed by atoms with van der Waals surface area (Å²) in [6.07, 6.45) is 6.16. The van der Waals surface area contributed by atoms with Gasteiger partial charge in [-0.25, -0.2) is 8.78 Å². The van der Waals surface area contributed by atoms with Crippen LogP contribution in [-0.2, 0) is 6.42 Å². The fourth-order valence-corrected chi connectivity index (χ4v) is 3.42. The molecule has 0 aromatic heterocycles. The van der Waals surface area contributed by atoms with Crippen LogP contribution in [0.3, 0.4) is 0 Å². The maximum absolute atomic E-state index is 13.7. The monoisotopic (exact) mass is 267 g/mol. The molecule has 1 saturated carbocycles. The van der Waals surface area contributed by atoms with Crippen molar-refractivity contribution in [3.63, 3.8) is 0 Å². The molecule has 2 N–H and O–H groups in total. The lowest BCUT2D eigenvalue weighted by atomic mass is 9.73. The first kappa shape index (κ1) is 14.4. The molecule has 0 spiro atoms. The highest BCUT2D eigenvalue weighted by atomic mass is 19.1. The third-order valence-electron chi connectivity index (χ3n) is 4.54. The topological polar surface area (TPSA) is 26.0 Å². The number of nitrogens with two attached hydrogens (primary N) is 1. The molecule has 3 atom stereocenters. The van der Waals surface area contributed by atoms with Gasteiger partial charge in [0.15, 0.2) is 0 Å². The Morgan fingerprint density at radius 3 is 2.47 bits per heavy atom. The van der Waals surface area contributed by atoms with Crippen LogP contribution in [0.1, 0.15) is 44.6 Å². The van der Waals surface area contributed by atoms with Crippen LogP contribution in [0.25, 0.3) is 0 Å². The van der Waals surface area contributed by atoms with Crippen molar-refractivity contribution < 1.29 is 8.78 Å². The minimum atomic E-state index is -0.473. The molecule has 3 unspecified atom stereocenters. The zero-order valence-electron chi connectivity index (χ0n) is 11.5. The zero-order chi connectivity index (χ0) is 13.8. The highest BCUT2D eigenvalue weighted by Crippen LogP contribution is 2.35. The first-order valence-electron chi connectivity index (χ1n) is 7.32. The summed E-state index contributed by atoms with van der Waals surface area (Å²) in [5.74, 6) is 0.0648. The molecule has 1 aliphatic carbocycles. The van der Waals surface area contributed by atoms with E-state index in [4.69, 9.17) is 5.73 Å². The molecule has 1 fully saturated rings. The summed E-state index contributed by atoms with van der Waals surface area (Å²) >= 11 is 0. The van der Waals surface area contributed by atoms with Crippen LogP contribution in [-0.4, -0.2) is 6.04 Å². The van der Waals surface area contributed by atoms with Crippen molar-refractivity contribution in [2.75, 3.05) is 0 Å². The van der Waals surface area contributed by atoms with Gasteiger partial charge in [0.25, 0.3) is 0 Å². The highest BCUT2D eigenvalue weighted by molar-refractivity contribution is 5.21. The molecule has 0 heterocycles. The standard InChI is InChI=1S/C16H23F2N/c1-2-11-6-3-4-7-12(11)16(19)10-13-14(17)8-5-9-15(13)18/h5,8-9,11-12,16H,2-4,6-7,10,19H2,1H3. The molecule has 1 aliphatic rings. The lowest BCUT2D eigenvalue weighted by Gasteiger charge is -2.35. The van der Waals surface area contributed by atoms with Crippen molar-refractivity contribution >= 4 is 0 Å². The molecule has 1 nitrogen and oxygen atoms in total. The predicted octanol–water partition coefficient (Wildman–Crippen LogP) is 4.05. The van der Waals surface area contributed by atoms with E-state index in [2.05, 4.69) is 6.92 Å². The van der Waals surface area contributed by atoms with Gasteiger partial charge in [0.2, 0.25) is 0 Å².